The van der Waals surface area contributed by atoms with Gasteiger partial charge in [0.25, 0.3) is 0 Å². The summed E-state index contributed by atoms with van der Waals surface area (Å²) in [5, 5.41) is 9.75. The zero-order valence-corrected chi connectivity index (χ0v) is 14.0. The molecule has 3 rings (SSSR count). The van der Waals surface area contributed by atoms with Gasteiger partial charge in [-0.05, 0) is 30.5 Å². The molecule has 0 aromatic heterocycles. The Morgan fingerprint density at radius 2 is 1.75 bits per heavy atom. The summed E-state index contributed by atoms with van der Waals surface area (Å²) in [6.45, 7) is 2.69. The van der Waals surface area contributed by atoms with Crippen LogP contribution in [0, 0.1) is 0 Å². The molecular formula is C17H26BrNO. The molecule has 1 aliphatic carbocycles. The second kappa shape index (κ2) is 6.48. The van der Waals surface area contributed by atoms with Crippen molar-refractivity contribution >= 4 is 0 Å². The molecule has 1 aromatic carbocycles. The van der Waals surface area contributed by atoms with E-state index in [9.17, 15) is 5.11 Å². The Hall–Kier alpha value is -0.540. The summed E-state index contributed by atoms with van der Waals surface area (Å²) < 4.78 is 1.26. The van der Waals surface area contributed by atoms with Gasteiger partial charge in [0.15, 0.2) is 0 Å². The molecule has 112 valence electrons. The zero-order chi connectivity index (χ0) is 13.3. The number of benzene rings is 1. The van der Waals surface area contributed by atoms with Crippen molar-refractivity contribution in [1.82, 2.24) is 0 Å². The third-order valence-corrected chi connectivity index (χ3v) is 5.42. The van der Waals surface area contributed by atoms with Crippen molar-refractivity contribution in [3.05, 3.63) is 29.8 Å². The third-order valence-electron chi connectivity index (χ3n) is 5.42. The molecule has 0 spiro atoms. The van der Waals surface area contributed by atoms with Crippen molar-refractivity contribution in [2.45, 2.75) is 50.5 Å². The molecule has 3 heteroatoms. The van der Waals surface area contributed by atoms with E-state index in [1.807, 2.05) is 12.1 Å². The molecule has 2 atom stereocenters. The minimum absolute atomic E-state index is 0. The van der Waals surface area contributed by atoms with E-state index in [1.54, 1.807) is 6.07 Å². The first-order valence-electron chi connectivity index (χ1n) is 7.82. The van der Waals surface area contributed by atoms with Crippen LogP contribution in [0.5, 0.6) is 5.75 Å². The maximum atomic E-state index is 9.75. The summed E-state index contributed by atoms with van der Waals surface area (Å²) in [6, 6.07) is 8.75. The van der Waals surface area contributed by atoms with Gasteiger partial charge in [-0.15, -0.1) is 0 Å². The molecule has 0 amide bonds. The van der Waals surface area contributed by atoms with Crippen LogP contribution >= 0.6 is 0 Å². The highest BCUT2D eigenvalue weighted by Gasteiger charge is 2.42. The van der Waals surface area contributed by atoms with Crippen LogP contribution in [0.3, 0.4) is 0 Å². The van der Waals surface area contributed by atoms with Crippen molar-refractivity contribution < 1.29 is 26.6 Å². The van der Waals surface area contributed by atoms with E-state index < -0.39 is 0 Å². The average Bonchev–Trinajstić information content (AvgIpc) is 2.87. The smallest absolute Gasteiger partial charge is 0.115 e. The lowest BCUT2D eigenvalue weighted by Crippen LogP contribution is -3.00. The number of halogens is 1. The standard InChI is InChI=1S/C17H25NO.BrH/c1-18(11-4-5-12-18)17-10-3-2-9-16(17)14-7-6-8-15(19)13-14;/h6-8,13,16-17H,2-5,9-12H2,1H3;1H/t16-,17-;/m1./s1. The molecule has 1 saturated carbocycles. The lowest BCUT2D eigenvalue weighted by molar-refractivity contribution is -0.925. The van der Waals surface area contributed by atoms with Gasteiger partial charge in [0.1, 0.15) is 5.75 Å². The Morgan fingerprint density at radius 3 is 2.45 bits per heavy atom. The molecule has 0 unspecified atom stereocenters. The minimum atomic E-state index is 0. The molecule has 2 aliphatic rings. The summed E-state index contributed by atoms with van der Waals surface area (Å²) >= 11 is 0. The van der Waals surface area contributed by atoms with Crippen LogP contribution in [-0.4, -0.2) is 35.8 Å². The number of likely N-dealkylation sites (tertiary alicyclic amines) is 1. The summed E-state index contributed by atoms with van der Waals surface area (Å²) in [5.41, 5.74) is 1.36. The summed E-state index contributed by atoms with van der Waals surface area (Å²) in [6.07, 6.45) is 8.16. The van der Waals surface area contributed by atoms with Crippen molar-refractivity contribution in [3.8, 4) is 5.75 Å². The van der Waals surface area contributed by atoms with Crippen LogP contribution in [0.4, 0.5) is 0 Å². The Morgan fingerprint density at radius 1 is 1.05 bits per heavy atom. The Bertz CT molecular complexity index is 442. The largest absolute Gasteiger partial charge is 1.00 e. The van der Waals surface area contributed by atoms with Gasteiger partial charge in [0.2, 0.25) is 0 Å². The number of phenolic OH excluding ortho intramolecular Hbond substituents is 1. The highest BCUT2D eigenvalue weighted by atomic mass is 79.9. The van der Waals surface area contributed by atoms with Gasteiger partial charge < -0.3 is 26.6 Å². The monoisotopic (exact) mass is 339 g/mol. The van der Waals surface area contributed by atoms with Gasteiger partial charge >= 0.3 is 0 Å². The van der Waals surface area contributed by atoms with Gasteiger partial charge in [-0.3, -0.25) is 0 Å². The fraction of sp³-hybridized carbons (Fsp3) is 0.647. The predicted octanol–water partition coefficient (Wildman–Crippen LogP) is 0.663. The topological polar surface area (TPSA) is 20.2 Å². The SMILES string of the molecule is C[N+]1([C@@H]2CCCC[C@@H]2c2cccc(O)c2)CCCC1.[Br-]. The van der Waals surface area contributed by atoms with Crippen LogP contribution in [-0.2, 0) is 0 Å². The molecule has 0 bridgehead atoms. The first kappa shape index (κ1) is 15.8. The number of phenols is 1. The highest BCUT2D eigenvalue weighted by molar-refractivity contribution is 5.30. The fourth-order valence-corrected chi connectivity index (χ4v) is 4.39. The zero-order valence-electron chi connectivity index (χ0n) is 12.4. The quantitative estimate of drug-likeness (QED) is 0.785. The van der Waals surface area contributed by atoms with Crippen LogP contribution in [0.25, 0.3) is 0 Å². The molecule has 1 aliphatic heterocycles. The highest BCUT2D eigenvalue weighted by Crippen LogP contribution is 2.41. The normalized spacial score (nSPS) is 28.9. The number of rotatable bonds is 2. The maximum absolute atomic E-state index is 9.75. The molecule has 2 fully saturated rings. The van der Waals surface area contributed by atoms with Crippen LogP contribution in [0.1, 0.15) is 50.0 Å². The summed E-state index contributed by atoms with van der Waals surface area (Å²) in [7, 11) is 2.46. The Labute approximate surface area is 133 Å². The number of nitrogens with zero attached hydrogens (tertiary/aromatic N) is 1. The molecule has 1 saturated heterocycles. The number of hydrogen-bond donors (Lipinski definition) is 1. The first-order chi connectivity index (χ1) is 9.19. The van der Waals surface area contributed by atoms with Crippen molar-refractivity contribution in [2.24, 2.45) is 0 Å². The first-order valence-corrected chi connectivity index (χ1v) is 7.82. The number of aromatic hydroxyl groups is 1. The summed E-state index contributed by atoms with van der Waals surface area (Å²) in [5.74, 6) is 1.06. The van der Waals surface area contributed by atoms with Gasteiger partial charge in [0, 0.05) is 25.2 Å². The van der Waals surface area contributed by atoms with E-state index in [0.29, 0.717) is 11.7 Å². The maximum Gasteiger partial charge on any atom is 0.115 e. The average molecular weight is 340 g/mol. The molecule has 1 heterocycles. The molecular weight excluding hydrogens is 314 g/mol. The number of quaternary nitrogens is 1. The minimum Gasteiger partial charge on any atom is -1.00 e. The number of likely N-dealkylation sites (N-methyl/N-ethyl adjacent to an activating group) is 1. The van der Waals surface area contributed by atoms with Gasteiger partial charge in [-0.2, -0.15) is 0 Å². The number of hydrogen-bond acceptors (Lipinski definition) is 1. The Kier molecular flexibility index (Phi) is 5.14. The van der Waals surface area contributed by atoms with E-state index in [4.69, 9.17) is 0 Å². The van der Waals surface area contributed by atoms with Crippen molar-refractivity contribution in [1.29, 1.82) is 0 Å². The lowest BCUT2D eigenvalue weighted by atomic mass is 9.78. The van der Waals surface area contributed by atoms with E-state index in [1.165, 1.54) is 61.7 Å². The predicted molar refractivity (Wildman–Crippen MR) is 78.3 cm³/mol. The van der Waals surface area contributed by atoms with Gasteiger partial charge in [-0.1, -0.05) is 18.6 Å². The second-order valence-electron chi connectivity index (χ2n) is 6.69. The van der Waals surface area contributed by atoms with Gasteiger partial charge in [0.05, 0.1) is 26.2 Å². The lowest BCUT2D eigenvalue weighted by Gasteiger charge is -2.44. The summed E-state index contributed by atoms with van der Waals surface area (Å²) in [4.78, 5) is 0. The molecule has 0 radical (unpaired) electrons. The fourth-order valence-electron chi connectivity index (χ4n) is 4.39. The third kappa shape index (κ3) is 3.04. The van der Waals surface area contributed by atoms with E-state index in [2.05, 4.69) is 13.1 Å². The Balaban J connectivity index is 0.00000147. The van der Waals surface area contributed by atoms with E-state index in [-0.39, 0.29) is 17.0 Å². The van der Waals surface area contributed by atoms with Crippen LogP contribution < -0.4 is 17.0 Å². The van der Waals surface area contributed by atoms with E-state index >= 15 is 0 Å². The van der Waals surface area contributed by atoms with E-state index in [0.717, 1.165) is 6.04 Å². The van der Waals surface area contributed by atoms with Crippen LogP contribution in [0.2, 0.25) is 0 Å². The molecule has 1 aromatic rings. The molecule has 1 N–H and O–H groups in total. The van der Waals surface area contributed by atoms with Crippen molar-refractivity contribution in [2.75, 3.05) is 20.1 Å². The van der Waals surface area contributed by atoms with Crippen molar-refractivity contribution in [3.63, 3.8) is 0 Å². The van der Waals surface area contributed by atoms with Crippen LogP contribution in [0.15, 0.2) is 24.3 Å². The second-order valence-corrected chi connectivity index (χ2v) is 6.69. The molecule has 2 nitrogen and oxygen atoms in total. The molecule has 20 heavy (non-hydrogen) atoms. The van der Waals surface area contributed by atoms with Gasteiger partial charge in [-0.25, -0.2) is 0 Å².